The molecule has 1 aromatic carbocycles. The van der Waals surface area contributed by atoms with Crippen molar-refractivity contribution in [1.29, 1.82) is 0 Å². The second-order valence-corrected chi connectivity index (χ2v) is 7.93. The number of nitrogens with one attached hydrogen (secondary N) is 3. The van der Waals surface area contributed by atoms with Crippen LogP contribution in [-0.2, 0) is 0 Å². The van der Waals surface area contributed by atoms with E-state index in [1.54, 1.807) is 0 Å². The van der Waals surface area contributed by atoms with Crippen molar-refractivity contribution in [2.45, 2.75) is 64.6 Å². The number of anilines is 1. The molecule has 1 aliphatic heterocycles. The average Bonchev–Trinajstić information content (AvgIpc) is 2.37. The summed E-state index contributed by atoms with van der Waals surface area (Å²) in [6, 6.07) is 8.22. The zero-order valence-corrected chi connectivity index (χ0v) is 15.6. The number of thiocarbonyl (C=S) groups is 1. The third-order valence-electron chi connectivity index (χ3n) is 3.96. The van der Waals surface area contributed by atoms with E-state index >= 15 is 0 Å². The maximum Gasteiger partial charge on any atom is 0.171 e. The summed E-state index contributed by atoms with van der Waals surface area (Å²) in [5, 5.41) is 11.1. The molecule has 1 aliphatic rings. The van der Waals surface area contributed by atoms with Crippen molar-refractivity contribution in [3.05, 3.63) is 24.3 Å². The Morgan fingerprint density at radius 2 is 1.83 bits per heavy atom. The minimum atomic E-state index is 0.0955. The van der Waals surface area contributed by atoms with Gasteiger partial charge < -0.3 is 20.7 Å². The first kappa shape index (κ1) is 18.0. The summed E-state index contributed by atoms with van der Waals surface area (Å²) in [5.74, 6) is 0.824. The molecule has 2 rings (SSSR count). The van der Waals surface area contributed by atoms with Gasteiger partial charge >= 0.3 is 0 Å². The van der Waals surface area contributed by atoms with E-state index in [0.717, 1.165) is 24.3 Å². The minimum Gasteiger partial charge on any atom is -0.492 e. The van der Waals surface area contributed by atoms with Gasteiger partial charge in [-0.05, 0) is 71.8 Å². The van der Waals surface area contributed by atoms with Crippen LogP contribution in [0.3, 0.4) is 0 Å². The van der Waals surface area contributed by atoms with Crippen LogP contribution in [-0.4, -0.2) is 28.8 Å². The predicted octanol–water partition coefficient (Wildman–Crippen LogP) is 3.68. The van der Waals surface area contributed by atoms with Gasteiger partial charge in [0.15, 0.2) is 5.11 Å². The lowest BCUT2D eigenvalue weighted by molar-refractivity contribution is 0.156. The van der Waals surface area contributed by atoms with Gasteiger partial charge in [0, 0.05) is 17.1 Å². The Kier molecular flexibility index (Phi) is 5.53. The molecule has 0 saturated carbocycles. The van der Waals surface area contributed by atoms with Gasteiger partial charge in [-0.1, -0.05) is 12.1 Å². The second-order valence-electron chi connectivity index (χ2n) is 7.53. The van der Waals surface area contributed by atoms with E-state index in [-0.39, 0.29) is 11.1 Å². The van der Waals surface area contributed by atoms with Crippen molar-refractivity contribution in [3.63, 3.8) is 0 Å². The quantitative estimate of drug-likeness (QED) is 0.733. The Hall–Kier alpha value is -1.33. The van der Waals surface area contributed by atoms with Crippen LogP contribution in [0.1, 0.15) is 47.5 Å². The third kappa shape index (κ3) is 5.36. The first-order valence-electron chi connectivity index (χ1n) is 8.29. The molecule has 0 atom stereocenters. The first-order valence-corrected chi connectivity index (χ1v) is 8.70. The maximum absolute atomic E-state index is 5.63. The van der Waals surface area contributed by atoms with Crippen molar-refractivity contribution < 1.29 is 4.74 Å². The summed E-state index contributed by atoms with van der Waals surface area (Å²) in [5.41, 5.74) is 1.09. The molecular weight excluding hydrogens is 306 g/mol. The van der Waals surface area contributed by atoms with Crippen LogP contribution < -0.4 is 20.7 Å². The fourth-order valence-electron chi connectivity index (χ4n) is 3.62. The number of hydrogen-bond donors (Lipinski definition) is 3. The molecule has 0 unspecified atom stereocenters. The highest BCUT2D eigenvalue weighted by molar-refractivity contribution is 7.80. The van der Waals surface area contributed by atoms with Crippen LogP contribution in [0.25, 0.3) is 0 Å². The van der Waals surface area contributed by atoms with Crippen LogP contribution >= 0.6 is 12.2 Å². The van der Waals surface area contributed by atoms with Gasteiger partial charge in [0.05, 0.1) is 12.3 Å². The van der Waals surface area contributed by atoms with Gasteiger partial charge in [0.25, 0.3) is 0 Å². The van der Waals surface area contributed by atoms with Crippen molar-refractivity contribution in [2.24, 2.45) is 0 Å². The number of benzene rings is 1. The largest absolute Gasteiger partial charge is 0.492 e. The van der Waals surface area contributed by atoms with E-state index < -0.39 is 0 Å². The molecule has 1 aromatic rings. The number of hydrogen-bond acceptors (Lipinski definition) is 3. The molecule has 0 aliphatic carbocycles. The summed E-state index contributed by atoms with van der Waals surface area (Å²) >= 11 is 5.51. The normalized spacial score (nSPS) is 19.9. The number of rotatable bonds is 4. The molecule has 0 amide bonds. The molecule has 4 nitrogen and oxygen atoms in total. The van der Waals surface area contributed by atoms with E-state index in [1.807, 2.05) is 31.2 Å². The van der Waals surface area contributed by atoms with Crippen LogP contribution in [0.2, 0.25) is 0 Å². The highest BCUT2D eigenvalue weighted by atomic mass is 32.1. The Morgan fingerprint density at radius 3 is 2.43 bits per heavy atom. The lowest BCUT2D eigenvalue weighted by atomic mass is 9.80. The van der Waals surface area contributed by atoms with E-state index in [2.05, 4.69) is 43.6 Å². The Labute approximate surface area is 145 Å². The molecule has 1 fully saturated rings. The lowest BCUT2D eigenvalue weighted by Gasteiger charge is -2.46. The topological polar surface area (TPSA) is 45.3 Å². The van der Waals surface area contributed by atoms with Gasteiger partial charge in [-0.3, -0.25) is 0 Å². The molecule has 0 bridgehead atoms. The molecule has 5 heteroatoms. The number of ether oxygens (including phenoxy) is 1. The Bertz CT molecular complexity index is 541. The van der Waals surface area contributed by atoms with E-state index in [9.17, 15) is 0 Å². The van der Waals surface area contributed by atoms with Crippen molar-refractivity contribution in [1.82, 2.24) is 10.6 Å². The molecule has 1 heterocycles. The SMILES string of the molecule is CCOc1ccccc1NC(=S)NC1CC(C)(C)NC(C)(C)C1. The maximum atomic E-state index is 5.63. The minimum absolute atomic E-state index is 0.0955. The third-order valence-corrected chi connectivity index (χ3v) is 4.18. The van der Waals surface area contributed by atoms with Gasteiger partial charge in [0.2, 0.25) is 0 Å². The van der Waals surface area contributed by atoms with E-state index in [4.69, 9.17) is 17.0 Å². The monoisotopic (exact) mass is 335 g/mol. The molecule has 3 N–H and O–H groups in total. The molecule has 0 spiro atoms. The molecule has 0 aromatic heterocycles. The first-order chi connectivity index (χ1) is 10.7. The fourth-order valence-corrected chi connectivity index (χ4v) is 3.90. The lowest BCUT2D eigenvalue weighted by Crippen LogP contribution is -2.62. The highest BCUT2D eigenvalue weighted by Gasteiger charge is 2.37. The molecule has 1 saturated heterocycles. The summed E-state index contributed by atoms with van der Waals surface area (Å²) in [7, 11) is 0. The van der Waals surface area contributed by atoms with E-state index in [0.29, 0.717) is 17.8 Å². The molecule has 128 valence electrons. The molecule has 0 radical (unpaired) electrons. The van der Waals surface area contributed by atoms with Crippen molar-refractivity contribution >= 4 is 23.0 Å². The Morgan fingerprint density at radius 1 is 1.22 bits per heavy atom. The smallest absolute Gasteiger partial charge is 0.171 e. The van der Waals surface area contributed by atoms with Gasteiger partial charge in [-0.2, -0.15) is 0 Å². The summed E-state index contributed by atoms with van der Waals surface area (Å²) < 4.78 is 5.63. The highest BCUT2D eigenvalue weighted by Crippen LogP contribution is 2.29. The zero-order valence-electron chi connectivity index (χ0n) is 14.8. The van der Waals surface area contributed by atoms with Gasteiger partial charge in [0.1, 0.15) is 5.75 Å². The summed E-state index contributed by atoms with van der Waals surface area (Å²) in [6.07, 6.45) is 2.07. The molecular formula is C18H29N3OS. The van der Waals surface area contributed by atoms with Crippen LogP contribution in [0, 0.1) is 0 Å². The molecule has 23 heavy (non-hydrogen) atoms. The van der Waals surface area contributed by atoms with Crippen molar-refractivity contribution in [3.8, 4) is 5.75 Å². The second kappa shape index (κ2) is 7.05. The Balaban J connectivity index is 2.00. The van der Waals surface area contributed by atoms with Gasteiger partial charge in [-0.15, -0.1) is 0 Å². The fraction of sp³-hybridized carbons (Fsp3) is 0.611. The number of piperidine rings is 1. The van der Waals surface area contributed by atoms with Crippen molar-refractivity contribution in [2.75, 3.05) is 11.9 Å². The standard InChI is InChI=1S/C18H29N3OS/c1-6-22-15-10-8-7-9-14(15)20-16(23)19-13-11-17(2,3)21-18(4,5)12-13/h7-10,13,21H,6,11-12H2,1-5H3,(H2,19,20,23). The van der Waals surface area contributed by atoms with Crippen LogP contribution in [0.15, 0.2) is 24.3 Å². The zero-order chi connectivity index (χ0) is 17.1. The van der Waals surface area contributed by atoms with E-state index in [1.165, 1.54) is 0 Å². The van der Waals surface area contributed by atoms with Gasteiger partial charge in [-0.25, -0.2) is 0 Å². The predicted molar refractivity (Wildman–Crippen MR) is 101 cm³/mol. The number of para-hydroxylation sites is 2. The summed E-state index contributed by atoms with van der Waals surface area (Å²) in [4.78, 5) is 0. The van der Waals surface area contributed by atoms with Crippen LogP contribution in [0.4, 0.5) is 5.69 Å². The average molecular weight is 336 g/mol. The summed E-state index contributed by atoms with van der Waals surface area (Å²) in [6.45, 7) is 11.6. The van der Waals surface area contributed by atoms with Crippen LogP contribution in [0.5, 0.6) is 5.75 Å².